The fourth-order valence-corrected chi connectivity index (χ4v) is 1.76. The van der Waals surface area contributed by atoms with E-state index < -0.39 is 0 Å². The Bertz CT molecular complexity index is 368. The summed E-state index contributed by atoms with van der Waals surface area (Å²) < 4.78 is 5.72. The fourth-order valence-electron chi connectivity index (χ4n) is 1.36. The van der Waals surface area contributed by atoms with E-state index in [1.54, 1.807) is 0 Å². The van der Waals surface area contributed by atoms with Gasteiger partial charge in [-0.15, -0.1) is 0 Å². The van der Waals surface area contributed by atoms with Gasteiger partial charge < -0.3 is 10.1 Å². The molecule has 0 amide bonds. The number of esters is 1. The van der Waals surface area contributed by atoms with Crippen molar-refractivity contribution in [2.24, 2.45) is 5.92 Å². The van der Waals surface area contributed by atoms with E-state index >= 15 is 0 Å². The molecule has 0 spiro atoms. The molecule has 1 aromatic carbocycles. The predicted molar refractivity (Wildman–Crippen MR) is 68.4 cm³/mol. The Labute approximate surface area is 104 Å². The highest BCUT2D eigenvalue weighted by Gasteiger charge is 2.20. The molecule has 88 valence electrons. The topological polar surface area (TPSA) is 38.3 Å². The summed E-state index contributed by atoms with van der Waals surface area (Å²) in [5, 5.41) is 3.27. The third-order valence-corrected chi connectivity index (χ3v) is 3.04. The van der Waals surface area contributed by atoms with Crippen LogP contribution in [-0.4, -0.2) is 19.1 Å². The number of ether oxygens (including phenoxy) is 1. The zero-order valence-electron chi connectivity index (χ0n) is 9.66. The number of halogens is 1. The van der Waals surface area contributed by atoms with Crippen LogP contribution in [0.15, 0.2) is 28.7 Å². The maximum absolute atomic E-state index is 11.3. The molecule has 0 radical (unpaired) electrons. The fraction of sp³-hybridized carbons (Fsp3) is 0.417. The molecule has 0 fully saturated rings. The van der Waals surface area contributed by atoms with Crippen molar-refractivity contribution in [1.82, 2.24) is 0 Å². The highest BCUT2D eigenvalue weighted by atomic mass is 79.9. The van der Waals surface area contributed by atoms with Crippen LogP contribution in [0.5, 0.6) is 0 Å². The van der Waals surface area contributed by atoms with Crippen molar-refractivity contribution in [2.75, 3.05) is 12.4 Å². The molecule has 0 saturated carbocycles. The first-order valence-electron chi connectivity index (χ1n) is 5.14. The van der Waals surface area contributed by atoms with Gasteiger partial charge in [-0.25, -0.2) is 0 Å². The van der Waals surface area contributed by atoms with E-state index in [1.807, 2.05) is 38.1 Å². The largest absolute Gasteiger partial charge is 0.469 e. The van der Waals surface area contributed by atoms with E-state index in [4.69, 9.17) is 4.74 Å². The molecule has 0 aromatic heterocycles. The normalized spacial score (nSPS) is 14.0. The van der Waals surface area contributed by atoms with Gasteiger partial charge in [-0.05, 0) is 32.0 Å². The number of rotatable bonds is 4. The molecular formula is C12H16BrNO2. The molecule has 1 rings (SSSR count). The second-order valence-corrected chi connectivity index (χ2v) is 4.67. The van der Waals surface area contributed by atoms with Gasteiger partial charge in [0.25, 0.3) is 0 Å². The summed E-state index contributed by atoms with van der Waals surface area (Å²) in [4.78, 5) is 11.3. The molecule has 0 aliphatic carbocycles. The molecule has 0 bridgehead atoms. The molecule has 0 heterocycles. The van der Waals surface area contributed by atoms with E-state index in [0.717, 1.165) is 10.2 Å². The van der Waals surface area contributed by atoms with Crippen LogP contribution in [0.25, 0.3) is 0 Å². The van der Waals surface area contributed by atoms with Crippen LogP contribution in [0, 0.1) is 5.92 Å². The number of benzene rings is 1. The van der Waals surface area contributed by atoms with E-state index in [2.05, 4.69) is 21.2 Å². The molecule has 2 atom stereocenters. The third kappa shape index (κ3) is 3.52. The number of hydrogen-bond acceptors (Lipinski definition) is 3. The summed E-state index contributed by atoms with van der Waals surface area (Å²) in [6.07, 6.45) is 0. The first-order chi connectivity index (χ1) is 7.54. The van der Waals surface area contributed by atoms with Crippen LogP contribution in [0.2, 0.25) is 0 Å². The summed E-state index contributed by atoms with van der Waals surface area (Å²) in [7, 11) is 1.41. The second kappa shape index (κ2) is 5.89. The summed E-state index contributed by atoms with van der Waals surface area (Å²) in [6, 6.07) is 7.87. The SMILES string of the molecule is COC(=O)C(C)C(C)Nc1cccc(Br)c1. The van der Waals surface area contributed by atoms with Crippen LogP contribution in [0.4, 0.5) is 5.69 Å². The van der Waals surface area contributed by atoms with E-state index in [1.165, 1.54) is 7.11 Å². The van der Waals surface area contributed by atoms with Crippen molar-refractivity contribution in [3.05, 3.63) is 28.7 Å². The standard InChI is InChI=1S/C12H16BrNO2/c1-8(12(15)16-3)9(2)14-11-6-4-5-10(13)7-11/h4-9,14H,1-3H3. The lowest BCUT2D eigenvalue weighted by atomic mass is 10.0. The number of carbonyl (C=O) groups is 1. The summed E-state index contributed by atoms with van der Waals surface area (Å²) in [5.41, 5.74) is 0.984. The minimum absolute atomic E-state index is 0.0294. The van der Waals surface area contributed by atoms with Crippen molar-refractivity contribution in [1.29, 1.82) is 0 Å². The molecule has 4 heteroatoms. The highest BCUT2D eigenvalue weighted by molar-refractivity contribution is 9.10. The van der Waals surface area contributed by atoms with Crippen molar-refractivity contribution in [3.63, 3.8) is 0 Å². The van der Waals surface area contributed by atoms with Crippen molar-refractivity contribution in [3.8, 4) is 0 Å². The second-order valence-electron chi connectivity index (χ2n) is 3.76. The highest BCUT2D eigenvalue weighted by Crippen LogP contribution is 2.18. The number of nitrogens with one attached hydrogen (secondary N) is 1. The molecule has 0 saturated heterocycles. The number of hydrogen-bond donors (Lipinski definition) is 1. The summed E-state index contributed by atoms with van der Waals surface area (Å²) in [5.74, 6) is -0.376. The predicted octanol–water partition coefficient (Wildman–Crippen LogP) is 3.06. The van der Waals surface area contributed by atoms with Gasteiger partial charge in [-0.2, -0.15) is 0 Å². The molecule has 1 aromatic rings. The Morgan fingerprint density at radius 1 is 1.44 bits per heavy atom. The van der Waals surface area contributed by atoms with E-state index in [9.17, 15) is 4.79 Å². The lowest BCUT2D eigenvalue weighted by Gasteiger charge is -2.20. The van der Waals surface area contributed by atoms with Crippen LogP contribution < -0.4 is 5.32 Å². The molecule has 16 heavy (non-hydrogen) atoms. The number of methoxy groups -OCH3 is 1. The minimum atomic E-state index is -0.199. The number of anilines is 1. The Hall–Kier alpha value is -1.03. The van der Waals surface area contributed by atoms with Crippen LogP contribution in [0.3, 0.4) is 0 Å². The lowest BCUT2D eigenvalue weighted by Crippen LogP contribution is -2.30. The Balaban J connectivity index is 2.64. The van der Waals surface area contributed by atoms with Gasteiger partial charge in [0, 0.05) is 16.2 Å². The first kappa shape index (κ1) is 13.0. The Kier molecular flexibility index (Phi) is 4.80. The van der Waals surface area contributed by atoms with Gasteiger partial charge in [0.05, 0.1) is 13.0 Å². The van der Waals surface area contributed by atoms with Gasteiger partial charge in [0.2, 0.25) is 0 Å². The summed E-state index contributed by atoms with van der Waals surface area (Å²) in [6.45, 7) is 3.81. The molecular weight excluding hydrogens is 270 g/mol. The maximum Gasteiger partial charge on any atom is 0.310 e. The van der Waals surface area contributed by atoms with Crippen LogP contribution in [0.1, 0.15) is 13.8 Å². The average Bonchev–Trinajstić information content (AvgIpc) is 2.27. The maximum atomic E-state index is 11.3. The Morgan fingerprint density at radius 3 is 2.69 bits per heavy atom. The van der Waals surface area contributed by atoms with Crippen molar-refractivity contribution >= 4 is 27.6 Å². The quantitative estimate of drug-likeness (QED) is 0.864. The van der Waals surface area contributed by atoms with Crippen molar-refractivity contribution < 1.29 is 9.53 Å². The lowest BCUT2D eigenvalue weighted by molar-refractivity contribution is -0.145. The molecule has 2 unspecified atom stereocenters. The van der Waals surface area contributed by atoms with Gasteiger partial charge in [-0.3, -0.25) is 4.79 Å². The van der Waals surface area contributed by atoms with Crippen molar-refractivity contribution in [2.45, 2.75) is 19.9 Å². The van der Waals surface area contributed by atoms with E-state index in [0.29, 0.717) is 0 Å². The van der Waals surface area contributed by atoms with Crippen LogP contribution >= 0.6 is 15.9 Å². The zero-order chi connectivity index (χ0) is 12.1. The number of carbonyl (C=O) groups excluding carboxylic acids is 1. The summed E-state index contributed by atoms with van der Waals surface area (Å²) >= 11 is 3.40. The average molecular weight is 286 g/mol. The van der Waals surface area contributed by atoms with Gasteiger partial charge in [-0.1, -0.05) is 22.0 Å². The molecule has 0 aliphatic rings. The minimum Gasteiger partial charge on any atom is -0.469 e. The Morgan fingerprint density at radius 2 is 2.12 bits per heavy atom. The van der Waals surface area contributed by atoms with Gasteiger partial charge in [0.1, 0.15) is 0 Å². The molecule has 3 nitrogen and oxygen atoms in total. The monoisotopic (exact) mass is 285 g/mol. The van der Waals surface area contributed by atoms with E-state index in [-0.39, 0.29) is 17.9 Å². The van der Waals surface area contributed by atoms with Crippen LogP contribution in [-0.2, 0) is 9.53 Å². The molecule has 0 aliphatic heterocycles. The first-order valence-corrected chi connectivity index (χ1v) is 5.94. The smallest absolute Gasteiger partial charge is 0.310 e. The molecule has 1 N–H and O–H groups in total. The zero-order valence-corrected chi connectivity index (χ0v) is 11.2. The van der Waals surface area contributed by atoms with Gasteiger partial charge in [0.15, 0.2) is 0 Å². The van der Waals surface area contributed by atoms with Gasteiger partial charge >= 0.3 is 5.97 Å². The third-order valence-electron chi connectivity index (χ3n) is 2.54.